The molecular weight excluding hydrogens is 234 g/mol. The van der Waals surface area contributed by atoms with E-state index in [0.717, 1.165) is 5.56 Å². The van der Waals surface area contributed by atoms with Gasteiger partial charge >= 0.3 is 5.97 Å². The van der Waals surface area contributed by atoms with Crippen LogP contribution in [0.4, 0.5) is 0 Å². The molecule has 0 amide bonds. The lowest BCUT2D eigenvalue weighted by Gasteiger charge is -2.13. The first kappa shape index (κ1) is 14.3. The second kappa shape index (κ2) is 6.86. The van der Waals surface area contributed by atoms with Crippen molar-refractivity contribution in [2.24, 2.45) is 5.73 Å². The van der Waals surface area contributed by atoms with Crippen LogP contribution >= 0.6 is 0 Å². The minimum Gasteiger partial charge on any atom is -0.493 e. The Morgan fingerprint density at radius 3 is 2.50 bits per heavy atom. The van der Waals surface area contributed by atoms with Crippen LogP contribution in [0.1, 0.15) is 12.5 Å². The third-order valence-electron chi connectivity index (χ3n) is 2.49. The highest BCUT2D eigenvalue weighted by Gasteiger charge is 2.16. The van der Waals surface area contributed by atoms with Gasteiger partial charge in [0.15, 0.2) is 11.5 Å². The van der Waals surface area contributed by atoms with Crippen LogP contribution in [0.5, 0.6) is 11.5 Å². The molecular formula is C13H19NO4. The summed E-state index contributed by atoms with van der Waals surface area (Å²) in [6.45, 7) is 2.08. The van der Waals surface area contributed by atoms with Gasteiger partial charge in [-0.15, -0.1) is 0 Å². The summed E-state index contributed by atoms with van der Waals surface area (Å²) in [6, 6.07) is 4.77. The monoisotopic (exact) mass is 253 g/mol. The highest BCUT2D eigenvalue weighted by Crippen LogP contribution is 2.27. The normalized spacial score (nSPS) is 11.8. The van der Waals surface area contributed by atoms with E-state index in [1.165, 1.54) is 0 Å². The molecule has 0 saturated carbocycles. The molecule has 0 heterocycles. The Bertz CT molecular complexity index is 406. The van der Waals surface area contributed by atoms with Crippen LogP contribution in [0.3, 0.4) is 0 Å². The Balaban J connectivity index is 2.76. The van der Waals surface area contributed by atoms with Gasteiger partial charge in [0.1, 0.15) is 6.04 Å². The molecule has 1 rings (SSSR count). The molecule has 0 aliphatic rings. The third-order valence-corrected chi connectivity index (χ3v) is 2.49. The fourth-order valence-corrected chi connectivity index (χ4v) is 1.59. The predicted molar refractivity (Wildman–Crippen MR) is 67.9 cm³/mol. The first-order chi connectivity index (χ1) is 8.62. The summed E-state index contributed by atoms with van der Waals surface area (Å²) >= 11 is 0. The van der Waals surface area contributed by atoms with Crippen LogP contribution in [0, 0.1) is 0 Å². The van der Waals surface area contributed by atoms with Gasteiger partial charge in [-0.1, -0.05) is 6.07 Å². The van der Waals surface area contributed by atoms with Crippen molar-refractivity contribution in [1.29, 1.82) is 0 Å². The standard InChI is InChI=1S/C13H19NO4/c1-4-18-13(15)10(14)7-9-5-6-11(16-2)12(8-9)17-3/h5-6,8,10H,4,7,14H2,1-3H3/t10-/m1/s1. The van der Waals surface area contributed by atoms with Gasteiger partial charge in [-0.05, 0) is 31.0 Å². The summed E-state index contributed by atoms with van der Waals surface area (Å²) in [5.74, 6) is 0.865. The maximum Gasteiger partial charge on any atom is 0.323 e. The largest absolute Gasteiger partial charge is 0.493 e. The van der Waals surface area contributed by atoms with Crippen molar-refractivity contribution < 1.29 is 19.0 Å². The first-order valence-corrected chi connectivity index (χ1v) is 5.75. The van der Waals surface area contributed by atoms with E-state index in [2.05, 4.69) is 0 Å². The maximum atomic E-state index is 11.4. The summed E-state index contributed by atoms with van der Waals surface area (Å²) in [5.41, 5.74) is 6.65. The number of nitrogens with two attached hydrogens (primary N) is 1. The Morgan fingerprint density at radius 2 is 1.94 bits per heavy atom. The van der Waals surface area contributed by atoms with E-state index in [4.69, 9.17) is 19.9 Å². The molecule has 1 atom stereocenters. The van der Waals surface area contributed by atoms with Gasteiger partial charge in [0, 0.05) is 0 Å². The van der Waals surface area contributed by atoms with Crippen LogP contribution in [-0.2, 0) is 16.0 Å². The molecule has 0 aliphatic carbocycles. The molecule has 1 aromatic rings. The Hall–Kier alpha value is -1.75. The molecule has 0 radical (unpaired) electrons. The number of hydrogen-bond donors (Lipinski definition) is 1. The molecule has 0 bridgehead atoms. The van der Waals surface area contributed by atoms with Crippen molar-refractivity contribution in [1.82, 2.24) is 0 Å². The van der Waals surface area contributed by atoms with E-state index < -0.39 is 12.0 Å². The predicted octanol–water partition coefficient (Wildman–Crippen LogP) is 1.14. The number of benzene rings is 1. The highest BCUT2D eigenvalue weighted by atomic mass is 16.5. The number of carbonyl (C=O) groups is 1. The second-order valence-electron chi connectivity index (χ2n) is 3.75. The zero-order valence-corrected chi connectivity index (χ0v) is 10.9. The Morgan fingerprint density at radius 1 is 1.28 bits per heavy atom. The van der Waals surface area contributed by atoms with E-state index in [1.54, 1.807) is 33.3 Å². The Kier molecular flexibility index (Phi) is 5.45. The summed E-state index contributed by atoms with van der Waals surface area (Å²) < 4.78 is 15.2. The van der Waals surface area contributed by atoms with Crippen molar-refractivity contribution in [3.8, 4) is 11.5 Å². The molecule has 18 heavy (non-hydrogen) atoms. The summed E-state index contributed by atoms with van der Waals surface area (Å²) in [4.78, 5) is 11.4. The minimum absolute atomic E-state index is 0.332. The number of esters is 1. The number of hydrogen-bond acceptors (Lipinski definition) is 5. The molecule has 0 fully saturated rings. The highest BCUT2D eigenvalue weighted by molar-refractivity contribution is 5.75. The molecule has 5 nitrogen and oxygen atoms in total. The van der Waals surface area contributed by atoms with Crippen molar-refractivity contribution >= 4 is 5.97 Å². The van der Waals surface area contributed by atoms with Gasteiger partial charge in [0.05, 0.1) is 20.8 Å². The van der Waals surface area contributed by atoms with E-state index in [0.29, 0.717) is 24.5 Å². The smallest absolute Gasteiger partial charge is 0.323 e. The van der Waals surface area contributed by atoms with E-state index in [1.807, 2.05) is 6.07 Å². The molecule has 0 aliphatic heterocycles. The first-order valence-electron chi connectivity index (χ1n) is 5.75. The van der Waals surface area contributed by atoms with E-state index in [9.17, 15) is 4.79 Å². The Labute approximate surface area is 107 Å². The topological polar surface area (TPSA) is 70.8 Å². The minimum atomic E-state index is -0.664. The quantitative estimate of drug-likeness (QED) is 0.770. The lowest BCUT2D eigenvalue weighted by molar-refractivity contribution is -0.144. The van der Waals surface area contributed by atoms with Crippen molar-refractivity contribution in [3.63, 3.8) is 0 Å². The summed E-state index contributed by atoms with van der Waals surface area (Å²) in [7, 11) is 3.13. The molecule has 1 aromatic carbocycles. The molecule has 0 unspecified atom stereocenters. The maximum absolute atomic E-state index is 11.4. The molecule has 2 N–H and O–H groups in total. The number of rotatable bonds is 6. The molecule has 0 aromatic heterocycles. The van der Waals surface area contributed by atoms with Crippen LogP contribution in [0.25, 0.3) is 0 Å². The lowest BCUT2D eigenvalue weighted by atomic mass is 10.1. The van der Waals surface area contributed by atoms with Gasteiger partial charge in [-0.2, -0.15) is 0 Å². The van der Waals surface area contributed by atoms with Crippen molar-refractivity contribution in [2.75, 3.05) is 20.8 Å². The zero-order valence-electron chi connectivity index (χ0n) is 10.9. The van der Waals surface area contributed by atoms with Crippen molar-refractivity contribution in [3.05, 3.63) is 23.8 Å². The number of ether oxygens (including phenoxy) is 3. The van der Waals surface area contributed by atoms with Gasteiger partial charge in [0.25, 0.3) is 0 Å². The average Bonchev–Trinajstić information content (AvgIpc) is 2.38. The van der Waals surface area contributed by atoms with Gasteiger partial charge < -0.3 is 19.9 Å². The van der Waals surface area contributed by atoms with E-state index >= 15 is 0 Å². The third kappa shape index (κ3) is 3.63. The molecule has 0 spiro atoms. The van der Waals surface area contributed by atoms with Crippen LogP contribution in [0.2, 0.25) is 0 Å². The lowest BCUT2D eigenvalue weighted by Crippen LogP contribution is -2.34. The summed E-state index contributed by atoms with van der Waals surface area (Å²) in [5, 5.41) is 0. The number of methoxy groups -OCH3 is 2. The molecule has 0 saturated heterocycles. The fraction of sp³-hybridized carbons (Fsp3) is 0.462. The molecule has 100 valence electrons. The summed E-state index contributed by atoms with van der Waals surface area (Å²) in [6.07, 6.45) is 0.402. The van der Waals surface area contributed by atoms with Gasteiger partial charge in [0.2, 0.25) is 0 Å². The van der Waals surface area contributed by atoms with Gasteiger partial charge in [-0.25, -0.2) is 0 Å². The van der Waals surface area contributed by atoms with Crippen LogP contribution in [-0.4, -0.2) is 32.8 Å². The fourth-order valence-electron chi connectivity index (χ4n) is 1.59. The zero-order chi connectivity index (χ0) is 13.5. The average molecular weight is 253 g/mol. The van der Waals surface area contributed by atoms with Crippen molar-refractivity contribution in [2.45, 2.75) is 19.4 Å². The van der Waals surface area contributed by atoms with E-state index in [-0.39, 0.29) is 0 Å². The van der Waals surface area contributed by atoms with Crippen LogP contribution < -0.4 is 15.2 Å². The SMILES string of the molecule is CCOC(=O)[C@H](N)Cc1ccc(OC)c(OC)c1. The molecule has 5 heteroatoms. The van der Waals surface area contributed by atoms with Gasteiger partial charge in [-0.3, -0.25) is 4.79 Å². The van der Waals surface area contributed by atoms with Crippen LogP contribution in [0.15, 0.2) is 18.2 Å². The number of carbonyl (C=O) groups excluding carboxylic acids is 1. The second-order valence-corrected chi connectivity index (χ2v) is 3.75.